The van der Waals surface area contributed by atoms with E-state index in [1.165, 1.54) is 4.90 Å². The van der Waals surface area contributed by atoms with E-state index in [1.807, 2.05) is 38.1 Å². The molecular formula is C30H30ClN5O2S. The Balaban J connectivity index is 1.42. The van der Waals surface area contributed by atoms with Gasteiger partial charge in [-0.3, -0.25) is 19.5 Å². The zero-order valence-electron chi connectivity index (χ0n) is 22.1. The molecular weight excluding hydrogens is 530 g/mol. The normalized spacial score (nSPS) is 21.2. The van der Waals surface area contributed by atoms with Crippen molar-refractivity contribution in [1.29, 1.82) is 5.26 Å². The predicted molar refractivity (Wildman–Crippen MR) is 154 cm³/mol. The maximum absolute atomic E-state index is 13.0. The largest absolute Gasteiger partial charge is 0.345 e. The number of pyridine rings is 1. The van der Waals surface area contributed by atoms with Gasteiger partial charge in [-0.15, -0.1) is 11.3 Å². The molecule has 200 valence electrons. The number of amides is 2. The zero-order chi connectivity index (χ0) is 27.4. The Morgan fingerprint density at radius 2 is 1.97 bits per heavy atom. The van der Waals surface area contributed by atoms with Crippen LogP contribution in [0.2, 0.25) is 5.02 Å². The molecule has 6 rings (SSSR count). The molecule has 2 saturated heterocycles. The third kappa shape index (κ3) is 4.43. The van der Waals surface area contributed by atoms with Gasteiger partial charge >= 0.3 is 0 Å². The molecule has 1 unspecified atom stereocenters. The fraction of sp³-hybridized carbons (Fsp3) is 0.400. The zero-order valence-corrected chi connectivity index (χ0v) is 23.7. The highest BCUT2D eigenvalue weighted by Gasteiger charge is 2.46. The van der Waals surface area contributed by atoms with Crippen molar-refractivity contribution in [2.24, 2.45) is 10.8 Å². The van der Waals surface area contributed by atoms with Crippen LogP contribution in [0.3, 0.4) is 0 Å². The fourth-order valence-corrected chi connectivity index (χ4v) is 7.36. The molecule has 0 bridgehead atoms. The number of aromatic nitrogens is 2. The molecule has 2 aliphatic rings. The van der Waals surface area contributed by atoms with E-state index in [0.29, 0.717) is 18.0 Å². The molecule has 1 aromatic carbocycles. The van der Waals surface area contributed by atoms with Gasteiger partial charge in [-0.25, -0.2) is 0 Å². The van der Waals surface area contributed by atoms with E-state index in [9.17, 15) is 14.9 Å². The molecule has 39 heavy (non-hydrogen) atoms. The summed E-state index contributed by atoms with van der Waals surface area (Å²) in [4.78, 5) is 32.7. The molecule has 1 N–H and O–H groups in total. The van der Waals surface area contributed by atoms with Crippen LogP contribution in [0.25, 0.3) is 32.2 Å². The lowest BCUT2D eigenvalue weighted by Crippen LogP contribution is -2.38. The summed E-state index contributed by atoms with van der Waals surface area (Å²) in [6.45, 7) is 6.38. The van der Waals surface area contributed by atoms with Gasteiger partial charge < -0.3 is 9.88 Å². The number of halogens is 1. The summed E-state index contributed by atoms with van der Waals surface area (Å²) in [5.41, 5.74) is 2.81. The minimum Gasteiger partial charge on any atom is -0.345 e. The quantitative estimate of drug-likeness (QED) is 0.286. The van der Waals surface area contributed by atoms with Crippen LogP contribution in [0.4, 0.5) is 0 Å². The highest BCUT2D eigenvalue weighted by molar-refractivity contribution is 7.19. The van der Waals surface area contributed by atoms with Gasteiger partial charge in [-0.05, 0) is 62.7 Å². The van der Waals surface area contributed by atoms with Gasteiger partial charge in [0.25, 0.3) is 0 Å². The van der Waals surface area contributed by atoms with Crippen LogP contribution in [-0.2, 0) is 22.7 Å². The Kier molecular flexibility index (Phi) is 6.49. The first-order chi connectivity index (χ1) is 18.8. The van der Waals surface area contributed by atoms with Gasteiger partial charge in [0.15, 0.2) is 0 Å². The minimum absolute atomic E-state index is 0.0978. The molecule has 0 spiro atoms. The summed E-state index contributed by atoms with van der Waals surface area (Å²) in [7, 11) is 0. The Hall–Kier alpha value is -3.25. The number of rotatable bonds is 6. The number of piperidine rings is 1. The lowest BCUT2D eigenvalue weighted by atomic mass is 9.80. The lowest BCUT2D eigenvalue weighted by molar-refractivity contribution is -0.141. The summed E-state index contributed by atoms with van der Waals surface area (Å²) < 4.78 is 3.18. The van der Waals surface area contributed by atoms with E-state index in [1.54, 1.807) is 17.5 Å². The van der Waals surface area contributed by atoms with Crippen LogP contribution in [0.5, 0.6) is 0 Å². The van der Waals surface area contributed by atoms with Gasteiger partial charge in [0, 0.05) is 51.8 Å². The SMILES string of the molecule is CCC1(C)CC(=O)N(Cc2cc3nccc(-c4cc(Cl)cc5ccn(CC6(C#N)CCNCC6)c45)c3s2)C1=O. The van der Waals surface area contributed by atoms with E-state index < -0.39 is 10.8 Å². The Labute approximate surface area is 236 Å². The lowest BCUT2D eigenvalue weighted by Gasteiger charge is -2.32. The van der Waals surface area contributed by atoms with E-state index in [0.717, 1.165) is 63.1 Å². The first kappa shape index (κ1) is 26.0. The summed E-state index contributed by atoms with van der Waals surface area (Å²) in [6, 6.07) is 12.6. The van der Waals surface area contributed by atoms with Crippen LogP contribution < -0.4 is 5.32 Å². The minimum atomic E-state index is -0.621. The molecule has 1 atom stereocenters. The second kappa shape index (κ2) is 9.74. The predicted octanol–water partition coefficient (Wildman–Crippen LogP) is 6.14. The van der Waals surface area contributed by atoms with Gasteiger partial charge in [0.1, 0.15) is 0 Å². The van der Waals surface area contributed by atoms with E-state index in [4.69, 9.17) is 11.6 Å². The molecule has 5 heterocycles. The van der Waals surface area contributed by atoms with Crippen molar-refractivity contribution in [3.05, 3.63) is 52.6 Å². The van der Waals surface area contributed by atoms with E-state index in [2.05, 4.69) is 33.2 Å². The molecule has 2 aliphatic heterocycles. The number of likely N-dealkylation sites (tertiary alicyclic amines) is 1. The molecule has 2 fully saturated rings. The van der Waals surface area contributed by atoms with Crippen molar-refractivity contribution < 1.29 is 9.59 Å². The van der Waals surface area contributed by atoms with Crippen molar-refractivity contribution in [1.82, 2.24) is 19.8 Å². The summed E-state index contributed by atoms with van der Waals surface area (Å²) in [6.07, 6.45) is 6.36. The second-order valence-corrected chi connectivity index (χ2v) is 12.7. The molecule has 0 saturated carbocycles. The number of nitriles is 1. The number of benzene rings is 1. The standard InChI is InChI=1S/C30H30ClN5O2S/c1-3-29(2)15-25(37)36(28(29)38)16-21-14-24-27(39-21)22(4-8-34-24)23-13-20(31)12-19-5-11-35(26(19)23)18-30(17-32)6-9-33-10-7-30/h4-5,8,11-14,33H,3,6-7,9-10,15-16,18H2,1-2H3. The number of thiophene rings is 1. The van der Waals surface area contributed by atoms with Crippen molar-refractivity contribution in [2.75, 3.05) is 13.1 Å². The Bertz CT molecular complexity index is 1660. The molecule has 7 nitrogen and oxygen atoms in total. The van der Waals surface area contributed by atoms with E-state index in [-0.39, 0.29) is 24.8 Å². The number of carbonyl (C=O) groups is 2. The van der Waals surface area contributed by atoms with Crippen molar-refractivity contribution in [3.63, 3.8) is 0 Å². The van der Waals surface area contributed by atoms with Crippen LogP contribution in [0.1, 0.15) is 44.4 Å². The molecule has 9 heteroatoms. The first-order valence-corrected chi connectivity index (χ1v) is 14.6. The van der Waals surface area contributed by atoms with Gasteiger partial charge in [-0.2, -0.15) is 5.26 Å². The van der Waals surface area contributed by atoms with E-state index >= 15 is 0 Å². The smallest absolute Gasteiger partial charge is 0.235 e. The maximum Gasteiger partial charge on any atom is 0.235 e. The third-order valence-electron chi connectivity index (χ3n) is 8.55. The number of hydrogen-bond acceptors (Lipinski definition) is 6. The van der Waals surface area contributed by atoms with Crippen LogP contribution in [0.15, 0.2) is 42.7 Å². The highest BCUT2D eigenvalue weighted by atomic mass is 35.5. The molecule has 3 aromatic heterocycles. The number of fused-ring (bicyclic) bond motifs is 2. The summed E-state index contributed by atoms with van der Waals surface area (Å²) >= 11 is 8.17. The van der Waals surface area contributed by atoms with Gasteiger partial charge in [0.2, 0.25) is 11.8 Å². The molecule has 0 radical (unpaired) electrons. The first-order valence-electron chi connectivity index (χ1n) is 13.4. The molecule has 0 aliphatic carbocycles. The fourth-order valence-electron chi connectivity index (χ4n) is 6.00. The molecule has 2 amide bonds. The van der Waals surface area contributed by atoms with Gasteiger partial charge in [0.05, 0.1) is 39.2 Å². The van der Waals surface area contributed by atoms with Crippen LogP contribution in [0, 0.1) is 22.2 Å². The number of carbonyl (C=O) groups excluding carboxylic acids is 2. The van der Waals surface area contributed by atoms with Crippen molar-refractivity contribution in [2.45, 2.75) is 52.6 Å². The summed E-state index contributed by atoms with van der Waals surface area (Å²) in [5.74, 6) is -0.215. The maximum atomic E-state index is 13.0. The number of hydrogen-bond donors (Lipinski definition) is 1. The highest BCUT2D eigenvalue weighted by Crippen LogP contribution is 2.42. The number of imide groups is 1. The second-order valence-electron chi connectivity index (χ2n) is 11.1. The topological polar surface area (TPSA) is 91.0 Å². The van der Waals surface area contributed by atoms with Crippen LogP contribution in [-0.4, -0.2) is 39.4 Å². The monoisotopic (exact) mass is 559 g/mol. The average molecular weight is 560 g/mol. The Morgan fingerprint density at radius 3 is 2.69 bits per heavy atom. The third-order valence-corrected chi connectivity index (χ3v) is 9.91. The Morgan fingerprint density at radius 1 is 1.18 bits per heavy atom. The number of nitrogens with zero attached hydrogens (tertiary/aromatic N) is 4. The van der Waals surface area contributed by atoms with Gasteiger partial charge in [-0.1, -0.05) is 25.4 Å². The van der Waals surface area contributed by atoms with Crippen LogP contribution >= 0.6 is 22.9 Å². The van der Waals surface area contributed by atoms with Crippen molar-refractivity contribution >= 4 is 55.9 Å². The van der Waals surface area contributed by atoms with Crippen molar-refractivity contribution in [3.8, 4) is 17.2 Å². The summed E-state index contributed by atoms with van der Waals surface area (Å²) in [5, 5.41) is 15.1. The number of nitrogens with one attached hydrogen (secondary N) is 1. The average Bonchev–Trinajstić information content (AvgIpc) is 3.59. The molecule has 4 aromatic rings.